The molecular formula is C11H17OP. The zero-order valence-corrected chi connectivity index (χ0v) is 9.69. The average Bonchev–Trinajstić information content (AvgIpc) is 1.78. The topological polar surface area (TPSA) is 17.1 Å². The molecule has 1 aromatic rings. The van der Waals surface area contributed by atoms with Gasteiger partial charge in [-0.1, -0.05) is 29.3 Å². The van der Waals surface area contributed by atoms with Gasteiger partial charge in [0.2, 0.25) is 0 Å². The van der Waals surface area contributed by atoms with E-state index in [1.54, 1.807) is 0 Å². The lowest BCUT2D eigenvalue weighted by Gasteiger charge is -2.08. The van der Waals surface area contributed by atoms with Crippen LogP contribution in [0.3, 0.4) is 0 Å². The molecule has 13 heavy (non-hydrogen) atoms. The summed E-state index contributed by atoms with van der Waals surface area (Å²) in [7, 11) is -1.93. The maximum absolute atomic E-state index is 11.6. The fourth-order valence-electron chi connectivity index (χ4n) is 1.60. The van der Waals surface area contributed by atoms with Gasteiger partial charge in [0.05, 0.1) is 7.14 Å². The van der Waals surface area contributed by atoms with Crippen LogP contribution < -0.4 is 0 Å². The summed E-state index contributed by atoms with van der Waals surface area (Å²) in [5, 5.41) is 0. The van der Waals surface area contributed by atoms with E-state index in [0.29, 0.717) is 0 Å². The Balaban J connectivity index is 2.96. The Morgan fingerprint density at radius 2 is 1.54 bits per heavy atom. The van der Waals surface area contributed by atoms with Crippen molar-refractivity contribution < 1.29 is 4.57 Å². The van der Waals surface area contributed by atoms with Crippen molar-refractivity contribution >= 4 is 7.14 Å². The fourth-order valence-corrected chi connectivity index (χ4v) is 2.66. The van der Waals surface area contributed by atoms with Gasteiger partial charge in [0, 0.05) is 6.16 Å². The number of rotatable bonds is 2. The van der Waals surface area contributed by atoms with Gasteiger partial charge in [-0.05, 0) is 32.7 Å². The summed E-state index contributed by atoms with van der Waals surface area (Å²) >= 11 is 0. The van der Waals surface area contributed by atoms with Crippen LogP contribution in [-0.2, 0) is 10.7 Å². The van der Waals surface area contributed by atoms with E-state index < -0.39 is 7.14 Å². The van der Waals surface area contributed by atoms with Crippen molar-refractivity contribution in [2.24, 2.45) is 0 Å². The van der Waals surface area contributed by atoms with Gasteiger partial charge in [-0.15, -0.1) is 0 Å². The van der Waals surface area contributed by atoms with Gasteiger partial charge in [-0.25, -0.2) is 0 Å². The molecule has 0 amide bonds. The van der Waals surface area contributed by atoms with Gasteiger partial charge in [-0.2, -0.15) is 0 Å². The van der Waals surface area contributed by atoms with Gasteiger partial charge in [-0.3, -0.25) is 0 Å². The molecule has 0 aliphatic rings. The smallest absolute Gasteiger partial charge is 0.0861 e. The summed E-state index contributed by atoms with van der Waals surface area (Å²) in [6, 6.07) is 6.37. The molecule has 0 fully saturated rings. The van der Waals surface area contributed by atoms with E-state index in [9.17, 15) is 4.57 Å². The SMILES string of the molecule is Cc1cc(C)cc(CP(C)(C)=O)c1. The van der Waals surface area contributed by atoms with Crippen LogP contribution in [0.25, 0.3) is 0 Å². The first-order valence-corrected chi connectivity index (χ1v) is 7.27. The molecule has 1 aromatic carbocycles. The highest BCUT2D eigenvalue weighted by Gasteiger charge is 2.08. The number of aryl methyl sites for hydroxylation is 2. The van der Waals surface area contributed by atoms with Crippen LogP contribution in [0, 0.1) is 13.8 Å². The third-order valence-electron chi connectivity index (χ3n) is 1.84. The quantitative estimate of drug-likeness (QED) is 0.662. The standard InChI is InChI=1S/C11H17OP/c1-9-5-10(2)7-11(6-9)8-13(3,4)12/h5-7H,8H2,1-4H3. The second-order valence-corrected chi connectivity index (χ2v) is 7.69. The molecule has 72 valence electrons. The summed E-state index contributed by atoms with van der Waals surface area (Å²) in [5.74, 6) is 0. The number of benzene rings is 1. The van der Waals surface area contributed by atoms with Gasteiger partial charge < -0.3 is 4.57 Å². The highest BCUT2D eigenvalue weighted by Crippen LogP contribution is 2.40. The predicted octanol–water partition coefficient (Wildman–Crippen LogP) is 3.43. The van der Waals surface area contributed by atoms with Gasteiger partial charge in [0.25, 0.3) is 0 Å². The molecule has 0 aromatic heterocycles. The summed E-state index contributed by atoms with van der Waals surface area (Å²) in [6.07, 6.45) is 0.718. The van der Waals surface area contributed by atoms with E-state index in [0.717, 1.165) is 6.16 Å². The third-order valence-corrected chi connectivity index (χ3v) is 2.97. The average molecular weight is 196 g/mol. The van der Waals surface area contributed by atoms with E-state index in [1.807, 2.05) is 13.3 Å². The summed E-state index contributed by atoms with van der Waals surface area (Å²) in [6.45, 7) is 7.83. The van der Waals surface area contributed by atoms with Crippen LogP contribution in [0.1, 0.15) is 16.7 Å². The van der Waals surface area contributed by atoms with Gasteiger partial charge >= 0.3 is 0 Å². The minimum absolute atomic E-state index is 0.718. The lowest BCUT2D eigenvalue weighted by Crippen LogP contribution is -1.88. The first-order valence-electron chi connectivity index (χ1n) is 4.48. The van der Waals surface area contributed by atoms with Crippen LogP contribution in [-0.4, -0.2) is 13.3 Å². The Morgan fingerprint density at radius 1 is 1.08 bits per heavy atom. The predicted molar refractivity (Wildman–Crippen MR) is 59.1 cm³/mol. The lowest BCUT2D eigenvalue weighted by atomic mass is 10.1. The monoisotopic (exact) mass is 196 g/mol. The molecule has 0 aliphatic heterocycles. The van der Waals surface area contributed by atoms with Crippen LogP contribution in [0.2, 0.25) is 0 Å². The Labute approximate surface area is 80.5 Å². The van der Waals surface area contributed by atoms with Crippen molar-refractivity contribution in [2.75, 3.05) is 13.3 Å². The fraction of sp³-hybridized carbons (Fsp3) is 0.455. The highest BCUT2D eigenvalue weighted by molar-refractivity contribution is 7.61. The minimum Gasteiger partial charge on any atom is -0.324 e. The molecule has 2 heteroatoms. The van der Waals surface area contributed by atoms with Gasteiger partial charge in [0.15, 0.2) is 0 Å². The summed E-state index contributed by atoms with van der Waals surface area (Å²) < 4.78 is 11.6. The molecule has 0 unspecified atom stereocenters. The van der Waals surface area contributed by atoms with Crippen molar-refractivity contribution in [3.63, 3.8) is 0 Å². The second-order valence-electron chi connectivity index (χ2n) is 4.23. The normalized spacial score (nSPS) is 11.7. The van der Waals surface area contributed by atoms with Crippen molar-refractivity contribution in [2.45, 2.75) is 20.0 Å². The van der Waals surface area contributed by atoms with Crippen LogP contribution >= 0.6 is 7.14 Å². The largest absolute Gasteiger partial charge is 0.324 e. The Kier molecular flexibility index (Phi) is 2.98. The van der Waals surface area contributed by atoms with Crippen LogP contribution in [0.4, 0.5) is 0 Å². The van der Waals surface area contributed by atoms with E-state index in [-0.39, 0.29) is 0 Å². The van der Waals surface area contributed by atoms with E-state index in [4.69, 9.17) is 0 Å². The molecule has 0 radical (unpaired) electrons. The molecule has 0 bridgehead atoms. The zero-order valence-electron chi connectivity index (χ0n) is 8.79. The molecule has 0 N–H and O–H groups in total. The van der Waals surface area contributed by atoms with Crippen molar-refractivity contribution in [1.29, 1.82) is 0 Å². The Morgan fingerprint density at radius 3 is 1.92 bits per heavy atom. The minimum atomic E-state index is -1.93. The first kappa shape index (κ1) is 10.5. The molecule has 0 saturated heterocycles. The zero-order chi connectivity index (χ0) is 10.1. The molecular weight excluding hydrogens is 179 g/mol. The van der Waals surface area contributed by atoms with Crippen molar-refractivity contribution in [1.82, 2.24) is 0 Å². The lowest BCUT2D eigenvalue weighted by molar-refractivity contribution is 0.582. The Hall–Kier alpha value is -0.550. The molecule has 0 aliphatic carbocycles. The van der Waals surface area contributed by atoms with Crippen LogP contribution in [0.15, 0.2) is 18.2 Å². The molecule has 1 rings (SSSR count). The van der Waals surface area contributed by atoms with Gasteiger partial charge in [0.1, 0.15) is 0 Å². The molecule has 1 nitrogen and oxygen atoms in total. The van der Waals surface area contributed by atoms with Crippen molar-refractivity contribution in [3.05, 3.63) is 34.9 Å². The molecule has 0 spiro atoms. The number of hydrogen-bond acceptors (Lipinski definition) is 1. The molecule has 0 atom stereocenters. The Bertz CT molecular complexity index is 329. The summed E-state index contributed by atoms with van der Waals surface area (Å²) in [5.41, 5.74) is 3.71. The first-order chi connectivity index (χ1) is 5.87. The second kappa shape index (κ2) is 3.67. The van der Waals surface area contributed by atoms with Crippen LogP contribution in [0.5, 0.6) is 0 Å². The summed E-state index contributed by atoms with van der Waals surface area (Å²) in [4.78, 5) is 0. The molecule has 0 heterocycles. The third kappa shape index (κ3) is 3.78. The van der Waals surface area contributed by atoms with E-state index in [1.165, 1.54) is 16.7 Å². The maximum Gasteiger partial charge on any atom is 0.0861 e. The van der Waals surface area contributed by atoms with E-state index >= 15 is 0 Å². The number of hydrogen-bond donors (Lipinski definition) is 0. The molecule has 0 saturated carbocycles. The van der Waals surface area contributed by atoms with Crippen molar-refractivity contribution in [3.8, 4) is 0 Å². The maximum atomic E-state index is 11.6. The highest BCUT2D eigenvalue weighted by atomic mass is 31.2. The van der Waals surface area contributed by atoms with E-state index in [2.05, 4.69) is 32.0 Å².